The van der Waals surface area contributed by atoms with Crippen molar-refractivity contribution >= 4 is 0 Å². The molecule has 0 saturated carbocycles. The zero-order valence-electron chi connectivity index (χ0n) is 14.5. The number of likely N-dealkylation sites (N-methyl/N-ethyl adjacent to an activating group) is 1. The molecule has 1 saturated heterocycles. The van der Waals surface area contributed by atoms with Gasteiger partial charge in [0.1, 0.15) is 12.4 Å². The SMILES string of the molecule is C[C@H](COc1ccccc1)NCC1(N(C)C)CCN(C)CC1. The molecule has 1 aliphatic heterocycles. The van der Waals surface area contributed by atoms with Gasteiger partial charge in [-0.1, -0.05) is 18.2 Å². The molecule has 1 heterocycles. The fourth-order valence-electron chi connectivity index (χ4n) is 2.98. The van der Waals surface area contributed by atoms with E-state index in [4.69, 9.17) is 4.74 Å². The maximum Gasteiger partial charge on any atom is 0.119 e. The van der Waals surface area contributed by atoms with Gasteiger partial charge < -0.3 is 19.9 Å². The van der Waals surface area contributed by atoms with Gasteiger partial charge in [-0.3, -0.25) is 0 Å². The van der Waals surface area contributed by atoms with Gasteiger partial charge in [0.2, 0.25) is 0 Å². The van der Waals surface area contributed by atoms with E-state index in [1.54, 1.807) is 0 Å². The lowest BCUT2D eigenvalue weighted by Crippen LogP contribution is -2.58. The summed E-state index contributed by atoms with van der Waals surface area (Å²) < 4.78 is 5.83. The number of hydrogen-bond acceptors (Lipinski definition) is 4. The van der Waals surface area contributed by atoms with Crippen molar-refractivity contribution in [2.45, 2.75) is 31.3 Å². The van der Waals surface area contributed by atoms with Gasteiger partial charge in [0.05, 0.1) is 0 Å². The molecule has 1 aromatic rings. The standard InChI is InChI=1S/C18H31N3O/c1-16(14-22-17-8-6-5-7-9-17)19-15-18(20(2)3)10-12-21(4)13-11-18/h5-9,16,19H,10-15H2,1-4H3/t16-/m1/s1. The first-order valence-corrected chi connectivity index (χ1v) is 8.29. The van der Waals surface area contributed by atoms with Crippen molar-refractivity contribution in [3.8, 4) is 5.75 Å². The van der Waals surface area contributed by atoms with Crippen molar-refractivity contribution in [1.29, 1.82) is 0 Å². The van der Waals surface area contributed by atoms with Crippen molar-refractivity contribution in [1.82, 2.24) is 15.1 Å². The van der Waals surface area contributed by atoms with Crippen LogP contribution in [0.4, 0.5) is 0 Å². The second kappa shape index (κ2) is 7.95. The molecule has 0 spiro atoms. The molecule has 0 aromatic heterocycles. The van der Waals surface area contributed by atoms with Crippen LogP contribution in [0.5, 0.6) is 5.75 Å². The van der Waals surface area contributed by atoms with Crippen LogP contribution >= 0.6 is 0 Å². The van der Waals surface area contributed by atoms with Gasteiger partial charge in [-0.05, 0) is 66.1 Å². The highest BCUT2D eigenvalue weighted by atomic mass is 16.5. The predicted octanol–water partition coefficient (Wildman–Crippen LogP) is 2.07. The number of hydrogen-bond donors (Lipinski definition) is 1. The van der Waals surface area contributed by atoms with E-state index in [-0.39, 0.29) is 5.54 Å². The summed E-state index contributed by atoms with van der Waals surface area (Å²) in [7, 11) is 6.62. The fraction of sp³-hybridized carbons (Fsp3) is 0.667. The van der Waals surface area contributed by atoms with Gasteiger partial charge in [-0.25, -0.2) is 0 Å². The van der Waals surface area contributed by atoms with Crippen LogP contribution in [0.3, 0.4) is 0 Å². The van der Waals surface area contributed by atoms with Gasteiger partial charge >= 0.3 is 0 Å². The van der Waals surface area contributed by atoms with Crippen molar-refractivity contribution in [2.24, 2.45) is 0 Å². The lowest BCUT2D eigenvalue weighted by molar-refractivity contribution is 0.0622. The van der Waals surface area contributed by atoms with Crippen molar-refractivity contribution in [2.75, 3.05) is 47.4 Å². The monoisotopic (exact) mass is 305 g/mol. The number of piperidine rings is 1. The molecule has 0 amide bonds. The minimum Gasteiger partial charge on any atom is -0.492 e. The normalized spacial score (nSPS) is 20.0. The second-order valence-electron chi connectivity index (χ2n) is 6.83. The summed E-state index contributed by atoms with van der Waals surface area (Å²) in [5.74, 6) is 0.942. The third-order valence-corrected chi connectivity index (χ3v) is 4.89. The average molecular weight is 305 g/mol. The zero-order chi connectivity index (χ0) is 16.0. The summed E-state index contributed by atoms with van der Waals surface area (Å²) in [6.07, 6.45) is 2.44. The molecule has 0 bridgehead atoms. The number of likely N-dealkylation sites (tertiary alicyclic amines) is 1. The molecule has 1 aromatic carbocycles. The molecule has 1 fully saturated rings. The Bertz CT molecular complexity index is 427. The van der Waals surface area contributed by atoms with Crippen LogP contribution in [0, 0.1) is 0 Å². The molecule has 2 rings (SSSR count). The van der Waals surface area contributed by atoms with E-state index >= 15 is 0 Å². The third-order valence-electron chi connectivity index (χ3n) is 4.89. The zero-order valence-corrected chi connectivity index (χ0v) is 14.5. The lowest BCUT2D eigenvalue weighted by Gasteiger charge is -2.46. The summed E-state index contributed by atoms with van der Waals surface area (Å²) in [6, 6.07) is 10.4. The van der Waals surface area contributed by atoms with E-state index in [9.17, 15) is 0 Å². The van der Waals surface area contributed by atoms with E-state index in [0.717, 1.165) is 12.3 Å². The molecule has 1 N–H and O–H groups in total. The Hall–Kier alpha value is -1.10. The van der Waals surface area contributed by atoms with Gasteiger partial charge in [-0.15, -0.1) is 0 Å². The van der Waals surface area contributed by atoms with Crippen LogP contribution in [0.1, 0.15) is 19.8 Å². The van der Waals surface area contributed by atoms with Crippen LogP contribution in [0.2, 0.25) is 0 Å². The highest BCUT2D eigenvalue weighted by Gasteiger charge is 2.35. The van der Waals surface area contributed by atoms with Gasteiger partial charge in [0.25, 0.3) is 0 Å². The smallest absolute Gasteiger partial charge is 0.119 e. The Labute approximate surface area is 135 Å². The Morgan fingerprint density at radius 2 is 1.86 bits per heavy atom. The first-order valence-electron chi connectivity index (χ1n) is 8.29. The number of benzene rings is 1. The van der Waals surface area contributed by atoms with E-state index in [1.807, 2.05) is 30.3 Å². The molecule has 0 radical (unpaired) electrons. The van der Waals surface area contributed by atoms with Gasteiger partial charge in [0.15, 0.2) is 0 Å². The minimum atomic E-state index is 0.271. The molecule has 4 nitrogen and oxygen atoms in total. The van der Waals surface area contributed by atoms with E-state index < -0.39 is 0 Å². The lowest BCUT2D eigenvalue weighted by atomic mass is 9.86. The van der Waals surface area contributed by atoms with Crippen molar-refractivity contribution in [3.63, 3.8) is 0 Å². The van der Waals surface area contributed by atoms with E-state index in [1.165, 1.54) is 25.9 Å². The number of nitrogens with zero attached hydrogens (tertiary/aromatic N) is 2. The number of nitrogens with one attached hydrogen (secondary N) is 1. The van der Waals surface area contributed by atoms with E-state index in [2.05, 4.69) is 43.2 Å². The quantitative estimate of drug-likeness (QED) is 0.834. The van der Waals surface area contributed by atoms with Crippen LogP contribution in [0.25, 0.3) is 0 Å². The predicted molar refractivity (Wildman–Crippen MR) is 92.6 cm³/mol. The Kier molecular flexibility index (Phi) is 6.24. The molecule has 124 valence electrons. The van der Waals surface area contributed by atoms with Crippen LogP contribution in [0.15, 0.2) is 30.3 Å². The highest BCUT2D eigenvalue weighted by Crippen LogP contribution is 2.26. The number of para-hydroxylation sites is 1. The van der Waals surface area contributed by atoms with Crippen LogP contribution < -0.4 is 10.1 Å². The van der Waals surface area contributed by atoms with Crippen molar-refractivity contribution < 1.29 is 4.74 Å². The number of rotatable bonds is 7. The molecule has 0 aliphatic carbocycles. The van der Waals surface area contributed by atoms with Gasteiger partial charge in [0, 0.05) is 18.1 Å². The topological polar surface area (TPSA) is 27.7 Å². The summed E-state index contributed by atoms with van der Waals surface area (Å²) in [4.78, 5) is 4.82. The summed E-state index contributed by atoms with van der Waals surface area (Å²) in [5, 5.41) is 3.67. The first-order chi connectivity index (χ1) is 10.5. The molecular weight excluding hydrogens is 274 g/mol. The maximum atomic E-state index is 5.83. The second-order valence-corrected chi connectivity index (χ2v) is 6.83. The largest absolute Gasteiger partial charge is 0.492 e. The average Bonchev–Trinajstić information content (AvgIpc) is 2.53. The van der Waals surface area contributed by atoms with Gasteiger partial charge in [-0.2, -0.15) is 0 Å². The Morgan fingerprint density at radius 3 is 2.45 bits per heavy atom. The van der Waals surface area contributed by atoms with Crippen molar-refractivity contribution in [3.05, 3.63) is 30.3 Å². The Morgan fingerprint density at radius 1 is 1.23 bits per heavy atom. The van der Waals surface area contributed by atoms with Crippen LogP contribution in [-0.4, -0.2) is 68.8 Å². The summed E-state index contributed by atoms with van der Waals surface area (Å²) >= 11 is 0. The third kappa shape index (κ3) is 4.70. The molecule has 1 atom stereocenters. The minimum absolute atomic E-state index is 0.271. The highest BCUT2D eigenvalue weighted by molar-refractivity contribution is 5.20. The molecule has 0 unspecified atom stereocenters. The molecule has 22 heavy (non-hydrogen) atoms. The molecule has 4 heteroatoms. The van der Waals surface area contributed by atoms with E-state index in [0.29, 0.717) is 12.6 Å². The first kappa shape index (κ1) is 17.3. The Balaban J connectivity index is 1.79. The molecule has 1 aliphatic rings. The summed E-state index contributed by atoms with van der Waals surface area (Å²) in [5.41, 5.74) is 0.271. The fourth-order valence-corrected chi connectivity index (χ4v) is 2.98. The molecular formula is C18H31N3O. The number of ether oxygens (including phenoxy) is 1. The maximum absolute atomic E-state index is 5.83. The summed E-state index contributed by atoms with van der Waals surface area (Å²) in [6.45, 7) is 6.27. The van der Waals surface area contributed by atoms with Crippen LogP contribution in [-0.2, 0) is 0 Å².